The van der Waals surface area contributed by atoms with Crippen molar-refractivity contribution in [3.05, 3.63) is 66.2 Å². The Morgan fingerprint density at radius 2 is 1.73 bits per heavy atom. The maximum atomic E-state index is 5.99. The molecule has 0 amide bonds. The van der Waals surface area contributed by atoms with E-state index in [0.29, 0.717) is 0 Å². The molecule has 116 valence electrons. The molecule has 0 aliphatic carbocycles. The van der Waals surface area contributed by atoms with Crippen LogP contribution in [-0.4, -0.2) is 37.2 Å². The Kier molecular flexibility index (Phi) is 5.46. The second kappa shape index (κ2) is 7.97. The van der Waals surface area contributed by atoms with Gasteiger partial charge in [-0.25, -0.2) is 0 Å². The highest BCUT2D eigenvalue weighted by Gasteiger charge is 2.18. The zero-order valence-electron chi connectivity index (χ0n) is 12.9. The standard InChI is InChI=1S/C19H24N2O/c1-3-8-17(9-4-1)15-21-12-7-13-22-19(16-21)14-20-18-10-5-2-6-11-18/h1-6,8-11,19-20H,7,12-16H2. The molecule has 1 aliphatic heterocycles. The summed E-state index contributed by atoms with van der Waals surface area (Å²) in [5.74, 6) is 0. The SMILES string of the molecule is c1ccc(CN2CCCOC(CNc3ccccc3)C2)cc1. The van der Waals surface area contributed by atoms with E-state index in [9.17, 15) is 0 Å². The number of para-hydroxylation sites is 1. The lowest BCUT2D eigenvalue weighted by Crippen LogP contribution is -2.35. The summed E-state index contributed by atoms with van der Waals surface area (Å²) in [5.41, 5.74) is 2.53. The third-order valence-electron chi connectivity index (χ3n) is 3.99. The van der Waals surface area contributed by atoms with Crippen LogP contribution in [0.3, 0.4) is 0 Å². The van der Waals surface area contributed by atoms with Crippen molar-refractivity contribution < 1.29 is 4.74 Å². The summed E-state index contributed by atoms with van der Waals surface area (Å²) in [6, 6.07) is 21.0. The Morgan fingerprint density at radius 3 is 2.50 bits per heavy atom. The quantitative estimate of drug-likeness (QED) is 0.915. The van der Waals surface area contributed by atoms with Crippen LogP contribution in [0, 0.1) is 0 Å². The number of nitrogens with one attached hydrogen (secondary N) is 1. The van der Waals surface area contributed by atoms with Crippen LogP contribution in [0.5, 0.6) is 0 Å². The van der Waals surface area contributed by atoms with Gasteiger partial charge in [-0.3, -0.25) is 4.90 Å². The van der Waals surface area contributed by atoms with Gasteiger partial charge in [-0.15, -0.1) is 0 Å². The number of hydrogen-bond acceptors (Lipinski definition) is 3. The fourth-order valence-electron chi connectivity index (χ4n) is 2.87. The van der Waals surface area contributed by atoms with Gasteiger partial charge in [-0.2, -0.15) is 0 Å². The van der Waals surface area contributed by atoms with Crippen molar-refractivity contribution in [2.75, 3.05) is 31.6 Å². The highest BCUT2D eigenvalue weighted by molar-refractivity contribution is 5.42. The third-order valence-corrected chi connectivity index (χ3v) is 3.99. The minimum absolute atomic E-state index is 0.242. The highest BCUT2D eigenvalue weighted by atomic mass is 16.5. The molecule has 0 saturated carbocycles. The van der Waals surface area contributed by atoms with E-state index in [4.69, 9.17) is 4.74 Å². The predicted molar refractivity (Wildman–Crippen MR) is 91.0 cm³/mol. The average Bonchev–Trinajstić information content (AvgIpc) is 2.80. The molecule has 0 aromatic heterocycles. The molecule has 1 aliphatic rings. The van der Waals surface area contributed by atoms with Gasteiger partial charge in [0.1, 0.15) is 0 Å². The lowest BCUT2D eigenvalue weighted by molar-refractivity contribution is 0.0625. The zero-order valence-corrected chi connectivity index (χ0v) is 12.9. The lowest BCUT2D eigenvalue weighted by atomic mass is 10.2. The van der Waals surface area contributed by atoms with E-state index in [-0.39, 0.29) is 6.10 Å². The topological polar surface area (TPSA) is 24.5 Å². The second-order valence-corrected chi connectivity index (χ2v) is 5.81. The van der Waals surface area contributed by atoms with Gasteiger partial charge >= 0.3 is 0 Å². The van der Waals surface area contributed by atoms with Gasteiger partial charge in [-0.1, -0.05) is 48.5 Å². The van der Waals surface area contributed by atoms with E-state index >= 15 is 0 Å². The Labute approximate surface area is 132 Å². The molecule has 2 aromatic rings. The van der Waals surface area contributed by atoms with Gasteiger partial charge in [0.15, 0.2) is 0 Å². The normalized spacial score (nSPS) is 19.5. The average molecular weight is 296 g/mol. The molecule has 3 nitrogen and oxygen atoms in total. The number of ether oxygens (including phenoxy) is 1. The minimum Gasteiger partial charge on any atom is -0.382 e. The van der Waals surface area contributed by atoms with Crippen LogP contribution in [0.2, 0.25) is 0 Å². The van der Waals surface area contributed by atoms with Crippen LogP contribution >= 0.6 is 0 Å². The molecule has 3 rings (SSSR count). The molecule has 1 fully saturated rings. The van der Waals surface area contributed by atoms with Gasteiger partial charge in [0.05, 0.1) is 6.10 Å². The summed E-state index contributed by atoms with van der Waals surface area (Å²) in [7, 11) is 0. The van der Waals surface area contributed by atoms with E-state index in [1.54, 1.807) is 0 Å². The molecule has 3 heteroatoms. The first-order valence-corrected chi connectivity index (χ1v) is 8.07. The Bertz CT molecular complexity index is 544. The first-order valence-electron chi connectivity index (χ1n) is 8.07. The predicted octanol–water partition coefficient (Wildman–Crippen LogP) is 3.39. The summed E-state index contributed by atoms with van der Waals surface area (Å²) in [4.78, 5) is 2.50. The van der Waals surface area contributed by atoms with Crippen LogP contribution in [0.1, 0.15) is 12.0 Å². The largest absolute Gasteiger partial charge is 0.382 e. The molecule has 1 N–H and O–H groups in total. The van der Waals surface area contributed by atoms with E-state index in [0.717, 1.165) is 44.9 Å². The van der Waals surface area contributed by atoms with Crippen molar-refractivity contribution in [2.45, 2.75) is 19.1 Å². The zero-order chi connectivity index (χ0) is 15.0. The summed E-state index contributed by atoms with van der Waals surface area (Å²) in [6.45, 7) is 4.80. The van der Waals surface area contributed by atoms with Crippen LogP contribution in [0.4, 0.5) is 5.69 Å². The smallest absolute Gasteiger partial charge is 0.0874 e. The van der Waals surface area contributed by atoms with Gasteiger partial charge < -0.3 is 10.1 Å². The molecule has 0 bridgehead atoms. The summed E-state index contributed by atoms with van der Waals surface area (Å²) >= 11 is 0. The van der Waals surface area contributed by atoms with E-state index < -0.39 is 0 Å². The Hall–Kier alpha value is -1.84. The van der Waals surface area contributed by atoms with Crippen molar-refractivity contribution in [1.82, 2.24) is 4.90 Å². The summed E-state index contributed by atoms with van der Waals surface area (Å²) in [5, 5.41) is 3.47. The number of anilines is 1. The maximum Gasteiger partial charge on any atom is 0.0874 e. The molecule has 1 atom stereocenters. The fraction of sp³-hybridized carbons (Fsp3) is 0.368. The van der Waals surface area contributed by atoms with Crippen LogP contribution in [0.25, 0.3) is 0 Å². The second-order valence-electron chi connectivity index (χ2n) is 5.81. The van der Waals surface area contributed by atoms with Crippen molar-refractivity contribution in [1.29, 1.82) is 0 Å². The molecule has 0 radical (unpaired) electrons. The Morgan fingerprint density at radius 1 is 1.00 bits per heavy atom. The molecule has 1 unspecified atom stereocenters. The first kappa shape index (κ1) is 15.1. The van der Waals surface area contributed by atoms with Crippen LogP contribution in [-0.2, 0) is 11.3 Å². The molecule has 1 heterocycles. The molecular formula is C19H24N2O. The fourth-order valence-corrected chi connectivity index (χ4v) is 2.87. The van der Waals surface area contributed by atoms with Crippen molar-refractivity contribution in [3.63, 3.8) is 0 Å². The number of rotatable bonds is 5. The number of benzene rings is 2. The van der Waals surface area contributed by atoms with Crippen molar-refractivity contribution in [2.24, 2.45) is 0 Å². The monoisotopic (exact) mass is 296 g/mol. The van der Waals surface area contributed by atoms with Gasteiger partial charge in [0, 0.05) is 38.5 Å². The Balaban J connectivity index is 1.53. The summed E-state index contributed by atoms with van der Waals surface area (Å²) in [6.07, 6.45) is 1.35. The highest BCUT2D eigenvalue weighted by Crippen LogP contribution is 2.12. The van der Waals surface area contributed by atoms with E-state index in [1.165, 1.54) is 5.56 Å². The van der Waals surface area contributed by atoms with Gasteiger partial charge in [-0.05, 0) is 24.1 Å². The molecule has 1 saturated heterocycles. The van der Waals surface area contributed by atoms with Gasteiger partial charge in [0.25, 0.3) is 0 Å². The first-order chi connectivity index (χ1) is 10.9. The minimum atomic E-state index is 0.242. The number of hydrogen-bond donors (Lipinski definition) is 1. The van der Waals surface area contributed by atoms with E-state index in [2.05, 4.69) is 64.8 Å². The van der Waals surface area contributed by atoms with E-state index in [1.807, 2.05) is 6.07 Å². The number of nitrogens with zero attached hydrogens (tertiary/aromatic N) is 1. The molecular weight excluding hydrogens is 272 g/mol. The molecule has 2 aromatic carbocycles. The van der Waals surface area contributed by atoms with Crippen molar-refractivity contribution in [3.8, 4) is 0 Å². The van der Waals surface area contributed by atoms with Gasteiger partial charge in [0.2, 0.25) is 0 Å². The third kappa shape index (κ3) is 4.58. The molecule has 22 heavy (non-hydrogen) atoms. The maximum absolute atomic E-state index is 5.99. The van der Waals surface area contributed by atoms with Crippen molar-refractivity contribution >= 4 is 5.69 Å². The summed E-state index contributed by atoms with van der Waals surface area (Å²) < 4.78 is 5.99. The van der Waals surface area contributed by atoms with Crippen LogP contribution < -0.4 is 5.32 Å². The lowest BCUT2D eigenvalue weighted by Gasteiger charge is -2.24. The van der Waals surface area contributed by atoms with Crippen LogP contribution in [0.15, 0.2) is 60.7 Å². The molecule has 0 spiro atoms.